The summed E-state index contributed by atoms with van der Waals surface area (Å²) in [6, 6.07) is 0. The Morgan fingerprint density at radius 2 is 1.63 bits per heavy atom. The van der Waals surface area contributed by atoms with Crippen LogP contribution in [0.25, 0.3) is 0 Å². The molecule has 1 heterocycles. The van der Waals surface area contributed by atoms with E-state index >= 15 is 0 Å². The van der Waals surface area contributed by atoms with E-state index in [0.29, 0.717) is 6.42 Å². The van der Waals surface area contributed by atoms with Crippen molar-refractivity contribution in [2.45, 2.75) is 96.2 Å². The number of cyclic esters (lactones) is 1. The largest absolute Gasteiger partial charge is 0.462 e. The molecular weight excluding hydrogens is 240 g/mol. The predicted molar refractivity (Wildman–Crippen MR) is 77.0 cm³/mol. The zero-order chi connectivity index (χ0) is 13.9. The SMILES string of the molecule is CCCCCCCCCCC[C@H]1C[C@H](O)CC(=O)O1. The molecule has 3 nitrogen and oxygen atoms in total. The minimum Gasteiger partial charge on any atom is -0.462 e. The highest BCUT2D eigenvalue weighted by Gasteiger charge is 2.26. The Bertz CT molecular complexity index is 240. The fraction of sp³-hybridized carbons (Fsp3) is 0.938. The van der Waals surface area contributed by atoms with Crippen molar-refractivity contribution in [1.29, 1.82) is 0 Å². The van der Waals surface area contributed by atoms with Gasteiger partial charge in [-0.25, -0.2) is 0 Å². The van der Waals surface area contributed by atoms with Crippen molar-refractivity contribution in [3.8, 4) is 0 Å². The molecule has 1 fully saturated rings. The third-order valence-corrected chi connectivity index (χ3v) is 3.87. The molecule has 0 aliphatic carbocycles. The van der Waals surface area contributed by atoms with Gasteiger partial charge in [-0.2, -0.15) is 0 Å². The third-order valence-electron chi connectivity index (χ3n) is 3.87. The molecule has 1 rings (SSSR count). The monoisotopic (exact) mass is 270 g/mol. The van der Waals surface area contributed by atoms with E-state index in [1.807, 2.05) is 0 Å². The first-order valence-corrected chi connectivity index (χ1v) is 8.10. The number of esters is 1. The zero-order valence-corrected chi connectivity index (χ0v) is 12.4. The number of ether oxygens (including phenoxy) is 1. The van der Waals surface area contributed by atoms with Gasteiger partial charge < -0.3 is 9.84 Å². The third kappa shape index (κ3) is 8.25. The molecule has 2 atom stereocenters. The van der Waals surface area contributed by atoms with Crippen LogP contribution in [-0.4, -0.2) is 23.3 Å². The maximum atomic E-state index is 11.2. The summed E-state index contributed by atoms with van der Waals surface area (Å²) in [4.78, 5) is 11.2. The zero-order valence-electron chi connectivity index (χ0n) is 12.4. The Morgan fingerprint density at radius 3 is 2.21 bits per heavy atom. The Balaban J connectivity index is 1.89. The smallest absolute Gasteiger partial charge is 0.308 e. The van der Waals surface area contributed by atoms with Crippen LogP contribution in [0.3, 0.4) is 0 Å². The molecule has 112 valence electrons. The summed E-state index contributed by atoms with van der Waals surface area (Å²) in [5.41, 5.74) is 0. The Labute approximate surface area is 117 Å². The van der Waals surface area contributed by atoms with Crippen LogP contribution in [-0.2, 0) is 9.53 Å². The van der Waals surface area contributed by atoms with Gasteiger partial charge in [-0.3, -0.25) is 4.79 Å². The summed E-state index contributed by atoms with van der Waals surface area (Å²) < 4.78 is 5.23. The Kier molecular flexibility index (Phi) is 8.89. The van der Waals surface area contributed by atoms with Gasteiger partial charge in [0.15, 0.2) is 0 Å². The molecule has 19 heavy (non-hydrogen) atoms. The van der Waals surface area contributed by atoms with E-state index in [1.165, 1.54) is 51.4 Å². The van der Waals surface area contributed by atoms with Gasteiger partial charge in [0.2, 0.25) is 0 Å². The van der Waals surface area contributed by atoms with Crippen LogP contribution in [0, 0.1) is 0 Å². The molecule has 0 bridgehead atoms. The minimum absolute atomic E-state index is 0.0409. The van der Waals surface area contributed by atoms with Gasteiger partial charge in [-0.15, -0.1) is 0 Å². The van der Waals surface area contributed by atoms with Crippen LogP contribution in [0.5, 0.6) is 0 Å². The average Bonchev–Trinajstić information content (AvgIpc) is 2.36. The summed E-state index contributed by atoms with van der Waals surface area (Å²) in [6.45, 7) is 2.25. The highest BCUT2D eigenvalue weighted by atomic mass is 16.5. The highest BCUT2D eigenvalue weighted by molar-refractivity contribution is 5.70. The van der Waals surface area contributed by atoms with Crippen LogP contribution < -0.4 is 0 Å². The lowest BCUT2D eigenvalue weighted by Crippen LogP contribution is -2.32. The standard InChI is InChI=1S/C16H30O3/c1-2-3-4-5-6-7-8-9-10-11-15-12-14(17)13-16(18)19-15/h14-15,17H,2-13H2,1H3/t14-,15-/m0/s1. The second-order valence-corrected chi connectivity index (χ2v) is 5.82. The summed E-state index contributed by atoms with van der Waals surface area (Å²) in [6.07, 6.45) is 12.9. The fourth-order valence-electron chi connectivity index (χ4n) is 2.72. The lowest BCUT2D eigenvalue weighted by Gasteiger charge is -2.25. The first-order chi connectivity index (χ1) is 9.22. The van der Waals surface area contributed by atoms with Crippen molar-refractivity contribution >= 4 is 5.97 Å². The molecule has 1 aliphatic heterocycles. The van der Waals surface area contributed by atoms with Crippen molar-refractivity contribution in [2.75, 3.05) is 0 Å². The molecule has 1 aliphatic rings. The second-order valence-electron chi connectivity index (χ2n) is 5.82. The van der Waals surface area contributed by atoms with E-state index in [1.54, 1.807) is 0 Å². The fourth-order valence-corrected chi connectivity index (χ4v) is 2.72. The summed E-state index contributed by atoms with van der Waals surface area (Å²) in [7, 11) is 0. The van der Waals surface area contributed by atoms with Crippen molar-refractivity contribution < 1.29 is 14.6 Å². The normalized spacial score (nSPS) is 23.4. The van der Waals surface area contributed by atoms with Crippen molar-refractivity contribution in [1.82, 2.24) is 0 Å². The van der Waals surface area contributed by atoms with Crippen LogP contribution in [0.4, 0.5) is 0 Å². The molecular formula is C16H30O3. The summed E-state index contributed by atoms with van der Waals surface area (Å²) in [5, 5.41) is 9.49. The number of unbranched alkanes of at least 4 members (excludes halogenated alkanes) is 8. The van der Waals surface area contributed by atoms with Gasteiger partial charge in [0.25, 0.3) is 0 Å². The van der Waals surface area contributed by atoms with Crippen molar-refractivity contribution in [3.05, 3.63) is 0 Å². The maximum absolute atomic E-state index is 11.2. The summed E-state index contributed by atoms with van der Waals surface area (Å²) in [5.74, 6) is -0.236. The molecule has 0 radical (unpaired) electrons. The van der Waals surface area contributed by atoms with E-state index in [4.69, 9.17) is 4.74 Å². The van der Waals surface area contributed by atoms with Crippen LogP contribution >= 0.6 is 0 Å². The first-order valence-electron chi connectivity index (χ1n) is 8.10. The molecule has 1 N–H and O–H groups in total. The van der Waals surface area contributed by atoms with Gasteiger partial charge in [0.05, 0.1) is 12.5 Å². The van der Waals surface area contributed by atoms with E-state index in [9.17, 15) is 9.90 Å². The molecule has 1 saturated heterocycles. The van der Waals surface area contributed by atoms with Gasteiger partial charge in [0.1, 0.15) is 6.10 Å². The molecule has 0 spiro atoms. The second kappa shape index (κ2) is 10.2. The highest BCUT2D eigenvalue weighted by Crippen LogP contribution is 2.20. The van der Waals surface area contributed by atoms with E-state index < -0.39 is 6.10 Å². The van der Waals surface area contributed by atoms with Gasteiger partial charge >= 0.3 is 5.97 Å². The van der Waals surface area contributed by atoms with Crippen molar-refractivity contribution in [3.63, 3.8) is 0 Å². The maximum Gasteiger partial charge on any atom is 0.308 e. The minimum atomic E-state index is -0.482. The Hall–Kier alpha value is -0.570. The number of carbonyl (C=O) groups is 1. The molecule has 0 aromatic heterocycles. The van der Waals surface area contributed by atoms with Gasteiger partial charge in [0, 0.05) is 6.42 Å². The van der Waals surface area contributed by atoms with Gasteiger partial charge in [-0.05, 0) is 12.8 Å². The number of carbonyl (C=O) groups excluding carboxylic acids is 1. The average molecular weight is 270 g/mol. The summed E-state index contributed by atoms with van der Waals surface area (Å²) >= 11 is 0. The molecule has 0 amide bonds. The molecule has 0 aromatic rings. The number of rotatable bonds is 10. The molecule has 0 saturated carbocycles. The lowest BCUT2D eigenvalue weighted by atomic mass is 9.99. The molecule has 0 unspecified atom stereocenters. The number of hydrogen-bond acceptors (Lipinski definition) is 3. The first kappa shape index (κ1) is 16.5. The predicted octanol–water partition coefficient (Wildman–Crippen LogP) is 3.97. The van der Waals surface area contributed by atoms with Crippen LogP contribution in [0.1, 0.15) is 84.0 Å². The van der Waals surface area contributed by atoms with Crippen LogP contribution in [0.15, 0.2) is 0 Å². The lowest BCUT2D eigenvalue weighted by molar-refractivity contribution is -0.160. The Morgan fingerprint density at radius 1 is 1.05 bits per heavy atom. The molecule has 3 heteroatoms. The quantitative estimate of drug-likeness (QED) is 0.482. The van der Waals surface area contributed by atoms with Crippen LogP contribution in [0.2, 0.25) is 0 Å². The van der Waals surface area contributed by atoms with E-state index in [0.717, 1.165) is 12.8 Å². The van der Waals surface area contributed by atoms with Crippen molar-refractivity contribution in [2.24, 2.45) is 0 Å². The van der Waals surface area contributed by atoms with E-state index in [2.05, 4.69) is 6.92 Å². The number of aliphatic hydroxyl groups is 1. The number of hydrogen-bond donors (Lipinski definition) is 1. The number of aliphatic hydroxyl groups excluding tert-OH is 1. The molecule has 0 aromatic carbocycles. The van der Waals surface area contributed by atoms with Gasteiger partial charge in [-0.1, -0.05) is 58.3 Å². The van der Waals surface area contributed by atoms with E-state index in [-0.39, 0.29) is 18.5 Å². The topological polar surface area (TPSA) is 46.5 Å².